The second-order valence-corrected chi connectivity index (χ2v) is 7.59. The fraction of sp³-hybridized carbons (Fsp3) is 0.375. The molecule has 0 aliphatic heterocycles. The minimum Gasteiger partial charge on any atom is -0.494 e. The lowest BCUT2D eigenvalue weighted by molar-refractivity contribution is -0.156. The van der Waals surface area contributed by atoms with Crippen molar-refractivity contribution in [2.45, 2.75) is 46.8 Å². The Kier molecular flexibility index (Phi) is 8.61. The smallest absolute Gasteiger partial charge is 0.329 e. The highest BCUT2D eigenvalue weighted by Crippen LogP contribution is 2.14. The summed E-state index contributed by atoms with van der Waals surface area (Å²) in [6, 6.07) is 13.0. The molecule has 0 radical (unpaired) electrons. The van der Waals surface area contributed by atoms with E-state index in [4.69, 9.17) is 9.47 Å². The van der Waals surface area contributed by atoms with Crippen molar-refractivity contribution in [3.63, 3.8) is 0 Å². The molecule has 7 nitrogen and oxygen atoms in total. The van der Waals surface area contributed by atoms with Gasteiger partial charge < -0.3 is 20.1 Å². The molecular weight excluding hydrogens is 396 g/mol. The molecule has 0 spiro atoms. The highest BCUT2D eigenvalue weighted by molar-refractivity contribution is 5.98. The van der Waals surface area contributed by atoms with Crippen molar-refractivity contribution in [3.05, 3.63) is 59.7 Å². The number of anilines is 1. The van der Waals surface area contributed by atoms with Gasteiger partial charge in [0, 0.05) is 11.3 Å². The second-order valence-electron chi connectivity index (χ2n) is 7.59. The number of nitrogens with one attached hydrogen (secondary N) is 2. The first-order chi connectivity index (χ1) is 14.7. The van der Waals surface area contributed by atoms with Gasteiger partial charge in [-0.05, 0) is 63.1 Å². The quantitative estimate of drug-likeness (QED) is 0.596. The highest BCUT2D eigenvalue weighted by atomic mass is 16.5. The van der Waals surface area contributed by atoms with E-state index in [1.165, 1.54) is 6.92 Å². The number of rotatable bonds is 9. The minimum absolute atomic E-state index is 0.230. The molecule has 2 aromatic carbocycles. The number of hydrogen-bond donors (Lipinski definition) is 2. The van der Waals surface area contributed by atoms with Crippen LogP contribution < -0.4 is 15.4 Å². The first-order valence-electron chi connectivity index (χ1n) is 10.3. The van der Waals surface area contributed by atoms with Crippen LogP contribution in [0.4, 0.5) is 5.69 Å². The SMILES string of the molecule is CCOc1ccc(C(=O)N[C@H](C(=O)O[C@H](C)C(=O)Nc2ccc(C)cc2)C(C)C)cc1. The van der Waals surface area contributed by atoms with Crippen molar-refractivity contribution in [2.75, 3.05) is 11.9 Å². The van der Waals surface area contributed by atoms with E-state index in [9.17, 15) is 14.4 Å². The molecule has 2 amide bonds. The van der Waals surface area contributed by atoms with Crippen LogP contribution in [0.25, 0.3) is 0 Å². The van der Waals surface area contributed by atoms with Crippen LogP contribution >= 0.6 is 0 Å². The van der Waals surface area contributed by atoms with Crippen LogP contribution in [0.15, 0.2) is 48.5 Å². The Morgan fingerprint density at radius 1 is 0.935 bits per heavy atom. The standard InChI is InChI=1S/C24H30N2O5/c1-6-30-20-13-9-18(10-14-20)23(28)26-21(15(2)3)24(29)31-17(5)22(27)25-19-11-7-16(4)8-12-19/h7-15,17,21H,6H2,1-5H3,(H,25,27)(H,26,28)/t17-,21+/m1/s1. The zero-order valence-electron chi connectivity index (χ0n) is 18.6. The van der Waals surface area contributed by atoms with Gasteiger partial charge in [-0.1, -0.05) is 31.5 Å². The molecule has 0 unspecified atom stereocenters. The zero-order chi connectivity index (χ0) is 23.0. The number of amides is 2. The van der Waals surface area contributed by atoms with E-state index in [0.29, 0.717) is 23.6 Å². The number of carbonyl (C=O) groups excluding carboxylic acids is 3. The molecule has 2 rings (SSSR count). The third kappa shape index (κ3) is 7.13. The average Bonchev–Trinajstić information content (AvgIpc) is 2.73. The normalized spacial score (nSPS) is 12.6. The molecule has 31 heavy (non-hydrogen) atoms. The van der Waals surface area contributed by atoms with E-state index in [-0.39, 0.29) is 5.92 Å². The monoisotopic (exact) mass is 426 g/mol. The van der Waals surface area contributed by atoms with Crippen molar-refractivity contribution >= 4 is 23.5 Å². The first-order valence-corrected chi connectivity index (χ1v) is 10.3. The third-order valence-electron chi connectivity index (χ3n) is 4.62. The van der Waals surface area contributed by atoms with Gasteiger partial charge >= 0.3 is 5.97 Å². The number of aryl methyl sites for hydroxylation is 1. The van der Waals surface area contributed by atoms with Gasteiger partial charge in [0.25, 0.3) is 11.8 Å². The van der Waals surface area contributed by atoms with Crippen LogP contribution in [0.5, 0.6) is 5.75 Å². The Hall–Kier alpha value is -3.35. The van der Waals surface area contributed by atoms with Crippen LogP contribution in [-0.4, -0.2) is 36.5 Å². The maximum Gasteiger partial charge on any atom is 0.329 e. The Bertz CT molecular complexity index is 891. The van der Waals surface area contributed by atoms with Gasteiger partial charge in [0.2, 0.25) is 0 Å². The van der Waals surface area contributed by atoms with Crippen LogP contribution in [0.2, 0.25) is 0 Å². The van der Waals surface area contributed by atoms with Gasteiger partial charge in [-0.15, -0.1) is 0 Å². The van der Waals surface area contributed by atoms with Gasteiger partial charge in [0.1, 0.15) is 11.8 Å². The number of hydrogen-bond acceptors (Lipinski definition) is 5. The molecule has 0 aliphatic rings. The topological polar surface area (TPSA) is 93.7 Å². The van der Waals surface area contributed by atoms with Crippen LogP contribution in [0.1, 0.15) is 43.6 Å². The van der Waals surface area contributed by atoms with Crippen molar-refractivity contribution in [1.29, 1.82) is 0 Å². The van der Waals surface area contributed by atoms with E-state index in [0.717, 1.165) is 5.56 Å². The Balaban J connectivity index is 1.98. The van der Waals surface area contributed by atoms with Crippen molar-refractivity contribution in [2.24, 2.45) is 5.92 Å². The summed E-state index contributed by atoms with van der Waals surface area (Å²) in [5.41, 5.74) is 2.08. The molecule has 2 aromatic rings. The number of benzene rings is 2. The lowest BCUT2D eigenvalue weighted by atomic mass is 10.0. The Morgan fingerprint density at radius 2 is 1.55 bits per heavy atom. The molecule has 0 saturated carbocycles. The van der Waals surface area contributed by atoms with E-state index < -0.39 is 29.9 Å². The van der Waals surface area contributed by atoms with Gasteiger partial charge in [-0.2, -0.15) is 0 Å². The predicted molar refractivity (Wildman–Crippen MR) is 119 cm³/mol. The van der Waals surface area contributed by atoms with E-state index in [2.05, 4.69) is 10.6 Å². The first kappa shape index (κ1) is 23.9. The Labute approximate surface area is 183 Å². The minimum atomic E-state index is -1.02. The predicted octanol–water partition coefficient (Wildman–Crippen LogP) is 3.72. The van der Waals surface area contributed by atoms with E-state index in [1.54, 1.807) is 50.2 Å². The molecule has 0 saturated heterocycles. The summed E-state index contributed by atoms with van der Waals surface area (Å²) in [4.78, 5) is 37.6. The maximum absolute atomic E-state index is 12.7. The summed E-state index contributed by atoms with van der Waals surface area (Å²) in [6.45, 7) is 9.43. The maximum atomic E-state index is 12.7. The molecule has 0 heterocycles. The summed E-state index contributed by atoms with van der Waals surface area (Å²) in [7, 11) is 0. The van der Waals surface area contributed by atoms with E-state index >= 15 is 0 Å². The third-order valence-corrected chi connectivity index (χ3v) is 4.62. The fourth-order valence-electron chi connectivity index (χ4n) is 2.77. The molecule has 2 atom stereocenters. The van der Waals surface area contributed by atoms with Crippen molar-refractivity contribution in [3.8, 4) is 5.75 Å². The largest absolute Gasteiger partial charge is 0.494 e. The summed E-state index contributed by atoms with van der Waals surface area (Å²) in [5.74, 6) is -1.09. The highest BCUT2D eigenvalue weighted by Gasteiger charge is 2.29. The number of ether oxygens (including phenoxy) is 2. The molecule has 0 bridgehead atoms. The molecule has 166 valence electrons. The average molecular weight is 427 g/mol. The lowest BCUT2D eigenvalue weighted by Crippen LogP contribution is -2.47. The number of carbonyl (C=O) groups is 3. The van der Waals surface area contributed by atoms with Crippen LogP contribution in [0.3, 0.4) is 0 Å². The molecule has 0 aliphatic carbocycles. The van der Waals surface area contributed by atoms with Crippen molar-refractivity contribution in [1.82, 2.24) is 5.32 Å². The number of esters is 1. The van der Waals surface area contributed by atoms with Crippen molar-refractivity contribution < 1.29 is 23.9 Å². The fourth-order valence-corrected chi connectivity index (χ4v) is 2.77. The Morgan fingerprint density at radius 3 is 2.10 bits per heavy atom. The summed E-state index contributed by atoms with van der Waals surface area (Å²) in [6.07, 6.45) is -1.02. The lowest BCUT2D eigenvalue weighted by Gasteiger charge is -2.23. The zero-order valence-corrected chi connectivity index (χ0v) is 18.6. The van der Waals surface area contributed by atoms with E-state index in [1.807, 2.05) is 26.0 Å². The van der Waals surface area contributed by atoms with Crippen LogP contribution in [-0.2, 0) is 14.3 Å². The van der Waals surface area contributed by atoms with Crippen LogP contribution in [0, 0.1) is 12.8 Å². The molecule has 0 fully saturated rings. The molecule has 0 aromatic heterocycles. The van der Waals surface area contributed by atoms with Gasteiger partial charge in [-0.25, -0.2) is 4.79 Å². The molecule has 2 N–H and O–H groups in total. The second kappa shape index (κ2) is 11.2. The van der Waals surface area contributed by atoms with Gasteiger partial charge in [0.15, 0.2) is 6.10 Å². The summed E-state index contributed by atoms with van der Waals surface area (Å²) in [5, 5.41) is 5.41. The molecule has 7 heteroatoms. The summed E-state index contributed by atoms with van der Waals surface area (Å²) < 4.78 is 10.7. The summed E-state index contributed by atoms with van der Waals surface area (Å²) >= 11 is 0. The van der Waals surface area contributed by atoms with Gasteiger partial charge in [0.05, 0.1) is 6.61 Å². The molecular formula is C24H30N2O5. The van der Waals surface area contributed by atoms with Gasteiger partial charge in [-0.3, -0.25) is 9.59 Å².